The number of amides is 2. The maximum absolute atomic E-state index is 11.0. The largest absolute Gasteiger partial charge is 0.439 e. The summed E-state index contributed by atoms with van der Waals surface area (Å²) in [7, 11) is 0. The van der Waals surface area contributed by atoms with Crippen LogP contribution < -0.4 is 5.73 Å². The molecule has 0 atom stereocenters. The highest BCUT2D eigenvalue weighted by Gasteiger charge is 2.29. The number of carbonyl (C=O) groups excluding carboxylic acids is 2. The predicted molar refractivity (Wildman–Crippen MR) is 46.0 cm³/mol. The molecule has 0 bridgehead atoms. The summed E-state index contributed by atoms with van der Waals surface area (Å²) in [6.45, 7) is 1.01. The van der Waals surface area contributed by atoms with Gasteiger partial charge >= 0.3 is 6.09 Å². The molecule has 1 fully saturated rings. The van der Waals surface area contributed by atoms with Gasteiger partial charge in [0.15, 0.2) is 6.61 Å². The molecule has 2 N–H and O–H groups in total. The summed E-state index contributed by atoms with van der Waals surface area (Å²) in [5, 5.41) is 0. The van der Waals surface area contributed by atoms with Crippen molar-refractivity contribution >= 4 is 12.0 Å². The summed E-state index contributed by atoms with van der Waals surface area (Å²) in [5.41, 5.74) is 5.31. The van der Waals surface area contributed by atoms with Crippen LogP contribution in [0.2, 0.25) is 0 Å². The summed E-state index contributed by atoms with van der Waals surface area (Å²) < 4.78 is 4.55. The molecule has 0 aromatic rings. The Morgan fingerprint density at radius 1 is 1.31 bits per heavy atom. The van der Waals surface area contributed by atoms with Crippen LogP contribution in [-0.2, 0) is 9.53 Å². The number of nitrogens with two attached hydrogens (primary N) is 1. The zero-order valence-electron chi connectivity index (χ0n) is 7.49. The number of carbonyl (C=O) groups is 2. The van der Waals surface area contributed by atoms with Gasteiger partial charge < -0.3 is 10.5 Å². The second-order valence-corrected chi connectivity index (χ2v) is 2.95. The molecule has 5 nitrogen and oxygen atoms in total. The van der Waals surface area contributed by atoms with E-state index in [2.05, 4.69) is 4.74 Å². The van der Waals surface area contributed by atoms with E-state index in [1.165, 1.54) is 0 Å². The second kappa shape index (κ2) is 4.81. The van der Waals surface area contributed by atoms with Gasteiger partial charge in [-0.15, -0.1) is 0 Å². The van der Waals surface area contributed by atoms with Gasteiger partial charge in [0.1, 0.15) is 0 Å². The Labute approximate surface area is 76.8 Å². The topological polar surface area (TPSA) is 72.6 Å². The van der Waals surface area contributed by atoms with Gasteiger partial charge in [-0.3, -0.25) is 4.79 Å². The lowest BCUT2D eigenvalue weighted by Crippen LogP contribution is -2.30. The van der Waals surface area contributed by atoms with E-state index in [4.69, 9.17) is 5.73 Å². The average molecular weight is 186 g/mol. The third kappa shape index (κ3) is 2.69. The Hall–Kier alpha value is -1.10. The van der Waals surface area contributed by atoms with Crippen LogP contribution in [0.3, 0.4) is 0 Å². The lowest BCUT2D eigenvalue weighted by Gasteiger charge is -2.09. The van der Waals surface area contributed by atoms with E-state index >= 15 is 0 Å². The number of rotatable bonds is 5. The van der Waals surface area contributed by atoms with Gasteiger partial charge in [0.05, 0.1) is 0 Å². The molecule has 0 aromatic heterocycles. The minimum absolute atomic E-state index is 0.101. The molecule has 1 aliphatic rings. The van der Waals surface area contributed by atoms with Crippen molar-refractivity contribution in [3.05, 3.63) is 0 Å². The van der Waals surface area contributed by atoms with Crippen molar-refractivity contribution in [2.75, 3.05) is 19.7 Å². The van der Waals surface area contributed by atoms with Gasteiger partial charge in [-0.1, -0.05) is 6.42 Å². The molecule has 0 aromatic carbocycles. The standard InChI is InChI=1S/C8H14N2O3/c9-4-2-1-3-5-10-7(11)6-13-8(10)12/h1-6,9H2. The zero-order chi connectivity index (χ0) is 9.68. The Bertz CT molecular complexity index is 190. The van der Waals surface area contributed by atoms with Crippen LogP contribution in [0, 0.1) is 0 Å². The SMILES string of the molecule is NCCCCCN1C(=O)COC1=O. The number of hydrogen-bond acceptors (Lipinski definition) is 4. The fourth-order valence-corrected chi connectivity index (χ4v) is 1.19. The highest BCUT2D eigenvalue weighted by molar-refractivity contribution is 5.97. The van der Waals surface area contributed by atoms with Crippen LogP contribution in [-0.4, -0.2) is 36.6 Å². The van der Waals surface area contributed by atoms with Crippen molar-refractivity contribution in [1.29, 1.82) is 0 Å². The summed E-state index contributed by atoms with van der Waals surface area (Å²) >= 11 is 0. The molecule has 0 spiro atoms. The quantitative estimate of drug-likeness (QED) is 0.618. The van der Waals surface area contributed by atoms with Crippen molar-refractivity contribution in [3.63, 3.8) is 0 Å². The fraction of sp³-hybridized carbons (Fsp3) is 0.750. The zero-order valence-corrected chi connectivity index (χ0v) is 7.49. The molecule has 74 valence electrons. The molecule has 0 radical (unpaired) electrons. The normalized spacial score (nSPS) is 16.5. The van der Waals surface area contributed by atoms with Gasteiger partial charge in [-0.05, 0) is 19.4 Å². The van der Waals surface area contributed by atoms with Gasteiger partial charge in [0.25, 0.3) is 5.91 Å². The van der Waals surface area contributed by atoms with E-state index in [0.29, 0.717) is 13.1 Å². The van der Waals surface area contributed by atoms with Crippen LogP contribution >= 0.6 is 0 Å². The number of unbranched alkanes of at least 4 members (excludes halogenated alkanes) is 2. The number of ether oxygens (including phenoxy) is 1. The van der Waals surface area contributed by atoms with Crippen LogP contribution in [0.5, 0.6) is 0 Å². The lowest BCUT2D eigenvalue weighted by atomic mass is 10.2. The highest BCUT2D eigenvalue weighted by atomic mass is 16.6. The molecule has 0 unspecified atom stereocenters. The minimum atomic E-state index is -0.516. The molecular formula is C8H14N2O3. The highest BCUT2D eigenvalue weighted by Crippen LogP contribution is 2.07. The van der Waals surface area contributed by atoms with Gasteiger partial charge in [-0.25, -0.2) is 9.69 Å². The second-order valence-electron chi connectivity index (χ2n) is 2.95. The molecule has 1 saturated heterocycles. The number of hydrogen-bond donors (Lipinski definition) is 1. The Kier molecular flexibility index (Phi) is 3.70. The monoisotopic (exact) mass is 186 g/mol. The Morgan fingerprint density at radius 2 is 2.08 bits per heavy atom. The summed E-state index contributed by atoms with van der Waals surface area (Å²) in [5.74, 6) is -0.238. The molecule has 1 heterocycles. The van der Waals surface area contributed by atoms with E-state index in [1.54, 1.807) is 0 Å². The van der Waals surface area contributed by atoms with Crippen LogP contribution in [0.15, 0.2) is 0 Å². The van der Waals surface area contributed by atoms with Crippen molar-refractivity contribution in [1.82, 2.24) is 4.90 Å². The fourth-order valence-electron chi connectivity index (χ4n) is 1.19. The number of imide groups is 1. The maximum atomic E-state index is 11.0. The summed E-state index contributed by atoms with van der Waals surface area (Å²) in [6.07, 6.45) is 2.15. The molecule has 5 heteroatoms. The molecule has 2 amide bonds. The van der Waals surface area contributed by atoms with Crippen LogP contribution in [0.25, 0.3) is 0 Å². The van der Waals surface area contributed by atoms with Crippen molar-refractivity contribution < 1.29 is 14.3 Å². The van der Waals surface area contributed by atoms with E-state index in [0.717, 1.165) is 24.2 Å². The van der Waals surface area contributed by atoms with Crippen molar-refractivity contribution in [2.24, 2.45) is 5.73 Å². The summed E-state index contributed by atoms with van der Waals surface area (Å²) in [4.78, 5) is 23.1. The van der Waals surface area contributed by atoms with E-state index in [-0.39, 0.29) is 12.5 Å². The number of nitrogens with zero attached hydrogens (tertiary/aromatic N) is 1. The third-order valence-corrected chi connectivity index (χ3v) is 1.93. The first-order valence-electron chi connectivity index (χ1n) is 4.43. The van der Waals surface area contributed by atoms with Crippen LogP contribution in [0.1, 0.15) is 19.3 Å². The first-order valence-corrected chi connectivity index (χ1v) is 4.43. The number of cyclic esters (lactones) is 1. The Morgan fingerprint density at radius 3 is 2.62 bits per heavy atom. The molecule has 13 heavy (non-hydrogen) atoms. The first-order chi connectivity index (χ1) is 6.25. The molecule has 0 saturated carbocycles. The predicted octanol–water partition coefficient (Wildman–Crippen LogP) is 0.0942. The lowest BCUT2D eigenvalue weighted by molar-refractivity contribution is -0.125. The molecule has 1 rings (SSSR count). The summed E-state index contributed by atoms with van der Waals surface area (Å²) in [6, 6.07) is 0. The maximum Gasteiger partial charge on any atom is 0.417 e. The van der Waals surface area contributed by atoms with E-state index in [1.807, 2.05) is 0 Å². The van der Waals surface area contributed by atoms with E-state index < -0.39 is 6.09 Å². The molecule has 0 aliphatic carbocycles. The van der Waals surface area contributed by atoms with Crippen molar-refractivity contribution in [3.8, 4) is 0 Å². The van der Waals surface area contributed by atoms with Crippen LogP contribution in [0.4, 0.5) is 4.79 Å². The average Bonchev–Trinajstić information content (AvgIpc) is 2.42. The smallest absolute Gasteiger partial charge is 0.417 e. The van der Waals surface area contributed by atoms with Gasteiger partial charge in [0.2, 0.25) is 0 Å². The van der Waals surface area contributed by atoms with Gasteiger partial charge in [0, 0.05) is 6.54 Å². The molecular weight excluding hydrogens is 172 g/mol. The van der Waals surface area contributed by atoms with Crippen molar-refractivity contribution in [2.45, 2.75) is 19.3 Å². The van der Waals surface area contributed by atoms with Gasteiger partial charge in [-0.2, -0.15) is 0 Å². The first kappa shape index (κ1) is 9.98. The Balaban J connectivity index is 2.20. The molecule has 1 aliphatic heterocycles. The van der Waals surface area contributed by atoms with E-state index in [9.17, 15) is 9.59 Å². The minimum Gasteiger partial charge on any atom is -0.439 e. The third-order valence-electron chi connectivity index (χ3n) is 1.93.